The van der Waals surface area contributed by atoms with Crippen LogP contribution in [0.15, 0.2) is 36.7 Å². The van der Waals surface area contributed by atoms with Gasteiger partial charge in [0.2, 0.25) is 5.91 Å². The van der Waals surface area contributed by atoms with E-state index >= 15 is 0 Å². The monoisotopic (exact) mass is 774 g/mol. The number of carbonyl (C=O) groups excluding carboxylic acids is 3. The molecule has 3 amide bonds. The first-order chi connectivity index (χ1) is 23.8. The van der Waals surface area contributed by atoms with E-state index in [4.69, 9.17) is 11.6 Å². The Bertz CT molecular complexity index is 1920. The van der Waals surface area contributed by atoms with Gasteiger partial charge in [0.25, 0.3) is 5.91 Å². The van der Waals surface area contributed by atoms with E-state index in [1.165, 1.54) is 36.0 Å². The van der Waals surface area contributed by atoms with Crippen LogP contribution in [0.4, 0.5) is 18.9 Å². The van der Waals surface area contributed by atoms with Gasteiger partial charge in [0.1, 0.15) is 0 Å². The number of benzene rings is 1. The number of hydrogen-bond acceptors (Lipinski definition) is 8. The second-order valence-electron chi connectivity index (χ2n) is 12.3. The van der Waals surface area contributed by atoms with Crippen molar-refractivity contribution >= 4 is 54.1 Å². The van der Waals surface area contributed by atoms with Gasteiger partial charge in [0, 0.05) is 32.1 Å². The molecule has 5 heterocycles. The molecule has 2 aliphatic heterocycles. The second kappa shape index (κ2) is 14.5. The zero-order valence-corrected chi connectivity index (χ0v) is 30.1. The molecule has 2 aliphatic rings. The van der Waals surface area contributed by atoms with Crippen LogP contribution >= 0.6 is 11.6 Å². The molecule has 2 saturated heterocycles. The third-order valence-electron chi connectivity index (χ3n) is 8.83. The van der Waals surface area contributed by atoms with E-state index in [0.717, 1.165) is 36.6 Å². The minimum absolute atomic E-state index is 0.0109. The van der Waals surface area contributed by atoms with Gasteiger partial charge < -0.3 is 15.1 Å². The molecule has 3 aromatic heterocycles. The van der Waals surface area contributed by atoms with E-state index in [1.54, 1.807) is 11.0 Å². The molecular formula is C32H35AsClF3N10O3. The molecule has 2 fully saturated rings. The van der Waals surface area contributed by atoms with Crippen LogP contribution in [0.3, 0.4) is 0 Å². The minimum Gasteiger partial charge on any atom is -0.339 e. The molecule has 1 aromatic carbocycles. The van der Waals surface area contributed by atoms with E-state index in [2.05, 4.69) is 35.8 Å². The summed E-state index contributed by atoms with van der Waals surface area (Å²) in [5, 5.41) is 12.0. The number of carbonyl (C=O) groups is 3. The third kappa shape index (κ3) is 7.28. The van der Waals surface area contributed by atoms with Gasteiger partial charge in [0.15, 0.2) is 0 Å². The molecule has 50 heavy (non-hydrogen) atoms. The van der Waals surface area contributed by atoms with Crippen molar-refractivity contribution in [3.63, 3.8) is 0 Å². The molecule has 0 aliphatic carbocycles. The Balaban J connectivity index is 1.17. The van der Waals surface area contributed by atoms with Crippen LogP contribution in [0.1, 0.15) is 39.5 Å². The smallest absolute Gasteiger partial charge is 0.339 e. The fraction of sp³-hybridized carbons (Fsp3) is 0.406. The number of halogens is 4. The number of aromatic nitrogens is 6. The van der Waals surface area contributed by atoms with Crippen LogP contribution in [0.25, 0.3) is 22.8 Å². The normalized spacial score (nSPS) is 15.8. The number of piperidine rings is 1. The number of amides is 3. The Morgan fingerprint density at radius 3 is 2.38 bits per heavy atom. The topological polar surface area (TPSA) is 154 Å². The molecule has 13 nitrogen and oxygen atoms in total. The first-order valence-corrected chi connectivity index (χ1v) is 21.0. The van der Waals surface area contributed by atoms with Gasteiger partial charge >= 0.3 is 173 Å². The van der Waals surface area contributed by atoms with Crippen molar-refractivity contribution in [1.29, 1.82) is 0 Å². The van der Waals surface area contributed by atoms with Crippen molar-refractivity contribution < 1.29 is 27.6 Å². The van der Waals surface area contributed by atoms with Gasteiger partial charge in [-0.15, -0.1) is 0 Å². The molecule has 264 valence electrons. The second-order valence-corrected chi connectivity index (χ2v) is 17.4. The molecule has 0 spiro atoms. The molecule has 0 saturated carbocycles. The Hall–Kier alpha value is -4.27. The Labute approximate surface area is 295 Å². The summed E-state index contributed by atoms with van der Waals surface area (Å²) in [6.45, 7) is 3.28. The van der Waals surface area contributed by atoms with Crippen molar-refractivity contribution in [2.45, 2.75) is 30.4 Å². The predicted octanol–water partition coefficient (Wildman–Crippen LogP) is 3.44. The maximum absolute atomic E-state index is 14.1. The van der Waals surface area contributed by atoms with Crippen LogP contribution in [0.2, 0.25) is 16.4 Å². The first-order valence-electron chi connectivity index (χ1n) is 15.9. The fourth-order valence-corrected chi connectivity index (χ4v) is 7.75. The molecule has 18 heteroatoms. The number of nitrogens with one attached hydrogen (secondary N) is 3. The van der Waals surface area contributed by atoms with Gasteiger partial charge in [0.05, 0.1) is 10.6 Å². The third-order valence-corrected chi connectivity index (χ3v) is 11.6. The van der Waals surface area contributed by atoms with Gasteiger partial charge in [-0.2, -0.15) is 0 Å². The van der Waals surface area contributed by atoms with E-state index in [-0.39, 0.29) is 62.6 Å². The molecule has 0 bridgehead atoms. The van der Waals surface area contributed by atoms with E-state index in [9.17, 15) is 27.6 Å². The average molecular weight is 775 g/mol. The summed E-state index contributed by atoms with van der Waals surface area (Å²) >= 11 is 5.03. The maximum atomic E-state index is 14.1. The Morgan fingerprint density at radius 1 is 1.02 bits per heavy atom. The zero-order valence-electron chi connectivity index (χ0n) is 27.5. The molecule has 3 N–H and O–H groups in total. The van der Waals surface area contributed by atoms with Crippen LogP contribution in [-0.4, -0.2) is 111 Å². The van der Waals surface area contributed by atoms with Crippen molar-refractivity contribution in [2.75, 3.05) is 44.6 Å². The van der Waals surface area contributed by atoms with Crippen molar-refractivity contribution in [3.8, 4) is 22.8 Å². The van der Waals surface area contributed by atoms with Crippen LogP contribution < -0.4 is 15.1 Å². The number of H-pyrrole nitrogens is 1. The quantitative estimate of drug-likeness (QED) is 0.242. The molecule has 0 atom stereocenters. The van der Waals surface area contributed by atoms with Crippen LogP contribution in [0, 0.1) is 5.92 Å². The molecule has 0 unspecified atom stereocenters. The average Bonchev–Trinajstić information content (AvgIpc) is 3.72. The van der Waals surface area contributed by atoms with Gasteiger partial charge in [-0.1, -0.05) is 11.6 Å². The molecule has 4 aromatic rings. The van der Waals surface area contributed by atoms with E-state index in [0.29, 0.717) is 26.2 Å². The van der Waals surface area contributed by atoms with E-state index in [1.807, 2.05) is 16.3 Å². The Morgan fingerprint density at radius 2 is 1.72 bits per heavy atom. The first kappa shape index (κ1) is 35.6. The predicted molar refractivity (Wildman–Crippen MR) is 181 cm³/mol. The summed E-state index contributed by atoms with van der Waals surface area (Å²) in [5.74, 6) is -1.02. The van der Waals surface area contributed by atoms with Gasteiger partial charge in [-0.25, -0.2) is 0 Å². The van der Waals surface area contributed by atoms with Gasteiger partial charge in [-0.05, 0) is 32.0 Å². The SMILES string of the molecule is Cn1c(-c2c(-c3nccc([As](C)C)n3)n[nH]c2C(F)(F)F)cnc1C(=O)Nc1ccc(C(=O)N2CCN(C(=O)C3CCNCC3)CC2)c(Cl)c1. The molecule has 0 radical (unpaired) electrons. The van der Waals surface area contributed by atoms with Crippen molar-refractivity contribution in [1.82, 2.24) is 44.8 Å². The van der Waals surface area contributed by atoms with E-state index < -0.39 is 32.4 Å². The minimum atomic E-state index is -4.80. The summed E-state index contributed by atoms with van der Waals surface area (Å²) < 4.78 is 44.4. The number of nitrogens with zero attached hydrogens (tertiary/aromatic N) is 7. The zero-order chi connectivity index (χ0) is 35.7. The molecule has 6 rings (SSSR count). The number of aromatic amines is 1. The van der Waals surface area contributed by atoms with Crippen LogP contribution in [-0.2, 0) is 18.0 Å². The summed E-state index contributed by atoms with van der Waals surface area (Å²) in [4.78, 5) is 55.8. The summed E-state index contributed by atoms with van der Waals surface area (Å²) in [5.41, 5.74) is 2.96. The fourth-order valence-electron chi connectivity index (χ4n) is 6.10. The summed E-state index contributed by atoms with van der Waals surface area (Å²) in [6.07, 6.45) is -0.526. The van der Waals surface area contributed by atoms with Crippen molar-refractivity contribution in [2.24, 2.45) is 13.0 Å². The number of piperazine rings is 1. The van der Waals surface area contributed by atoms with Crippen LogP contribution in [0.5, 0.6) is 0 Å². The van der Waals surface area contributed by atoms with Crippen molar-refractivity contribution in [3.05, 3.63) is 58.8 Å². The summed E-state index contributed by atoms with van der Waals surface area (Å²) in [7, 11) is 1.42. The Kier molecular flexibility index (Phi) is 10.3. The summed E-state index contributed by atoms with van der Waals surface area (Å²) in [6, 6.07) is 6.17. The number of anilines is 1. The number of hydrogen-bond donors (Lipinski definition) is 3. The number of imidazole rings is 1. The standard InChI is InChI=1S/C32H35AsClF3N10O3/c1-33(2)23-8-11-39-27(42-23)25-24(26(44-43-25)32(35,36)37)22-17-40-28(45(22)3)29(48)41-19-4-5-20(21(34)16-19)31(50)47-14-12-46(13-15-47)30(49)18-6-9-38-10-7-18/h4-5,8,11,16-18,38H,6-7,9-10,12-15H2,1-3H3,(H,41,48)(H,43,44). The molecular weight excluding hydrogens is 740 g/mol. The number of rotatable bonds is 7. The van der Waals surface area contributed by atoms with Gasteiger partial charge in [-0.3, -0.25) is 9.59 Å². The number of alkyl halides is 3.